The van der Waals surface area contributed by atoms with Crippen LogP contribution in [0.15, 0.2) is 23.1 Å². The molecule has 33 heavy (non-hydrogen) atoms. The predicted molar refractivity (Wildman–Crippen MR) is 120 cm³/mol. The van der Waals surface area contributed by atoms with Crippen LogP contribution in [-0.2, 0) is 29.1 Å². The Morgan fingerprint density at radius 2 is 1.73 bits per heavy atom. The minimum Gasteiger partial charge on any atom is -0.497 e. The van der Waals surface area contributed by atoms with Gasteiger partial charge >= 0.3 is 5.97 Å². The maximum Gasteiger partial charge on any atom is 0.320 e. The third-order valence-corrected chi connectivity index (χ3v) is 7.13. The Morgan fingerprint density at radius 3 is 2.30 bits per heavy atom. The maximum atomic E-state index is 13.2. The second-order valence-electron chi connectivity index (χ2n) is 7.31. The summed E-state index contributed by atoms with van der Waals surface area (Å²) in [7, 11) is 0.566. The normalized spacial score (nSPS) is 14.9. The minimum absolute atomic E-state index is 0.0125. The van der Waals surface area contributed by atoms with E-state index in [1.807, 2.05) is 0 Å². The van der Waals surface area contributed by atoms with Crippen LogP contribution in [0.4, 0.5) is 0 Å². The molecule has 0 spiro atoms. The van der Waals surface area contributed by atoms with Crippen LogP contribution >= 0.6 is 0 Å². The largest absolute Gasteiger partial charge is 0.497 e. The third kappa shape index (κ3) is 7.29. The van der Waals surface area contributed by atoms with Crippen molar-refractivity contribution in [3.63, 3.8) is 0 Å². The molecule has 0 aromatic heterocycles. The first kappa shape index (κ1) is 26.8. The molecule has 1 fully saturated rings. The van der Waals surface area contributed by atoms with E-state index < -0.39 is 16.0 Å². The van der Waals surface area contributed by atoms with Crippen LogP contribution in [0.25, 0.3) is 0 Å². The second kappa shape index (κ2) is 12.7. The Bertz CT molecular complexity index is 901. The second-order valence-corrected chi connectivity index (χ2v) is 9.22. The van der Waals surface area contributed by atoms with E-state index in [0.29, 0.717) is 18.9 Å². The summed E-state index contributed by atoms with van der Waals surface area (Å²) in [6.07, 6.45) is 0. The van der Waals surface area contributed by atoms with Crippen molar-refractivity contribution in [2.45, 2.75) is 11.8 Å². The number of carbonyl (C=O) groups is 2. The molecule has 1 amide bonds. The van der Waals surface area contributed by atoms with E-state index in [4.69, 9.17) is 18.9 Å². The summed E-state index contributed by atoms with van der Waals surface area (Å²) in [5, 5.41) is 0. The molecule has 1 aliphatic rings. The molecule has 11 nitrogen and oxygen atoms in total. The fraction of sp³-hybridized carbons (Fsp3) is 0.619. The highest BCUT2D eigenvalue weighted by molar-refractivity contribution is 7.89. The van der Waals surface area contributed by atoms with Gasteiger partial charge in [-0.25, -0.2) is 8.42 Å². The number of ether oxygens (including phenoxy) is 4. The molecule has 0 radical (unpaired) electrons. The lowest BCUT2D eigenvalue weighted by atomic mass is 10.3. The van der Waals surface area contributed by atoms with Crippen LogP contribution in [-0.4, -0.2) is 115 Å². The highest BCUT2D eigenvalue weighted by Crippen LogP contribution is 2.31. The van der Waals surface area contributed by atoms with E-state index in [9.17, 15) is 18.0 Å². The van der Waals surface area contributed by atoms with Crippen molar-refractivity contribution in [2.75, 3.05) is 80.4 Å². The van der Waals surface area contributed by atoms with Gasteiger partial charge in [-0.05, 0) is 19.1 Å². The van der Waals surface area contributed by atoms with Crippen molar-refractivity contribution in [1.82, 2.24) is 14.1 Å². The van der Waals surface area contributed by atoms with Gasteiger partial charge in [-0.2, -0.15) is 4.31 Å². The summed E-state index contributed by atoms with van der Waals surface area (Å²) in [5.74, 6) is 0.0268. The molecule has 0 saturated carbocycles. The first-order valence-electron chi connectivity index (χ1n) is 10.6. The molecule has 186 valence electrons. The Hall–Kier alpha value is -2.41. The standard InChI is InChI=1S/C21H33N3O8S/c1-5-32-21(26)16-22(12-13-29-2)15-20(25)23-8-10-24(11-9-23)33(27,28)19-14-17(30-3)6-7-18(19)31-4/h6-7,14H,5,8-13,15-16H2,1-4H3. The molecule has 0 atom stereocenters. The van der Waals surface area contributed by atoms with Gasteiger partial charge < -0.3 is 23.8 Å². The van der Waals surface area contributed by atoms with E-state index in [2.05, 4.69) is 0 Å². The van der Waals surface area contributed by atoms with Crippen LogP contribution in [0.3, 0.4) is 0 Å². The first-order valence-corrected chi connectivity index (χ1v) is 12.1. The van der Waals surface area contributed by atoms with Crippen molar-refractivity contribution in [2.24, 2.45) is 0 Å². The van der Waals surface area contributed by atoms with Gasteiger partial charge in [0, 0.05) is 45.9 Å². The van der Waals surface area contributed by atoms with E-state index in [1.165, 1.54) is 24.6 Å². The molecular formula is C21H33N3O8S. The topological polar surface area (TPSA) is 115 Å². The Balaban J connectivity index is 2.02. The number of sulfonamides is 1. The lowest BCUT2D eigenvalue weighted by Gasteiger charge is -2.35. The molecule has 0 unspecified atom stereocenters. The van der Waals surface area contributed by atoms with Gasteiger partial charge in [0.25, 0.3) is 0 Å². The zero-order chi connectivity index (χ0) is 24.4. The molecule has 0 bridgehead atoms. The average Bonchev–Trinajstić information content (AvgIpc) is 2.82. The quantitative estimate of drug-likeness (QED) is 0.377. The monoisotopic (exact) mass is 487 g/mol. The molecule has 12 heteroatoms. The van der Waals surface area contributed by atoms with Gasteiger partial charge in [0.15, 0.2) is 0 Å². The van der Waals surface area contributed by atoms with Crippen LogP contribution in [0.5, 0.6) is 11.5 Å². The van der Waals surface area contributed by atoms with Crippen LogP contribution in [0.1, 0.15) is 6.92 Å². The zero-order valence-electron chi connectivity index (χ0n) is 19.6. The molecule has 0 N–H and O–H groups in total. The lowest BCUT2D eigenvalue weighted by molar-refractivity contribution is -0.145. The predicted octanol–water partition coefficient (Wildman–Crippen LogP) is 0.0482. The number of nitrogens with zero attached hydrogens (tertiary/aromatic N) is 3. The van der Waals surface area contributed by atoms with Gasteiger partial charge in [-0.15, -0.1) is 0 Å². The van der Waals surface area contributed by atoms with Crippen molar-refractivity contribution < 1.29 is 37.0 Å². The first-order chi connectivity index (χ1) is 15.8. The summed E-state index contributed by atoms with van der Waals surface area (Å²) >= 11 is 0. The lowest BCUT2D eigenvalue weighted by Crippen LogP contribution is -2.53. The van der Waals surface area contributed by atoms with E-state index >= 15 is 0 Å². The average molecular weight is 488 g/mol. The summed E-state index contributed by atoms with van der Waals surface area (Å²) in [6, 6.07) is 4.60. The number of methoxy groups -OCH3 is 3. The number of rotatable bonds is 12. The van der Waals surface area contributed by atoms with Crippen LogP contribution in [0.2, 0.25) is 0 Å². The molecular weight excluding hydrogens is 454 g/mol. The number of esters is 1. The van der Waals surface area contributed by atoms with Gasteiger partial charge in [-0.3, -0.25) is 14.5 Å². The van der Waals surface area contributed by atoms with Crippen LogP contribution in [0, 0.1) is 0 Å². The Kier molecular flexibility index (Phi) is 10.4. The highest BCUT2D eigenvalue weighted by Gasteiger charge is 2.33. The molecule has 1 aliphatic heterocycles. The van der Waals surface area contributed by atoms with Crippen molar-refractivity contribution in [3.8, 4) is 11.5 Å². The minimum atomic E-state index is -3.84. The van der Waals surface area contributed by atoms with Gasteiger partial charge in [-0.1, -0.05) is 0 Å². The van der Waals surface area contributed by atoms with Gasteiger partial charge in [0.05, 0.1) is 40.5 Å². The number of hydrogen-bond acceptors (Lipinski definition) is 9. The fourth-order valence-electron chi connectivity index (χ4n) is 3.42. The van der Waals surface area contributed by atoms with Gasteiger partial charge in [0.2, 0.25) is 15.9 Å². The SMILES string of the molecule is CCOC(=O)CN(CCOC)CC(=O)N1CCN(S(=O)(=O)c2cc(OC)ccc2OC)CC1. The molecule has 1 aromatic carbocycles. The number of hydrogen-bond donors (Lipinski definition) is 0. The number of piperazine rings is 1. The van der Waals surface area contributed by atoms with Crippen molar-refractivity contribution >= 4 is 21.9 Å². The van der Waals surface area contributed by atoms with Crippen molar-refractivity contribution in [1.29, 1.82) is 0 Å². The summed E-state index contributed by atoms with van der Waals surface area (Å²) in [5.41, 5.74) is 0. The highest BCUT2D eigenvalue weighted by atomic mass is 32.2. The van der Waals surface area contributed by atoms with Crippen molar-refractivity contribution in [3.05, 3.63) is 18.2 Å². The molecule has 1 saturated heterocycles. The van der Waals surface area contributed by atoms with Crippen LogP contribution < -0.4 is 9.47 Å². The number of benzene rings is 1. The fourth-order valence-corrected chi connectivity index (χ4v) is 5.01. The number of carbonyl (C=O) groups excluding carboxylic acids is 2. The smallest absolute Gasteiger partial charge is 0.320 e. The Labute approximate surface area is 195 Å². The number of amides is 1. The molecule has 2 rings (SSSR count). The van der Waals surface area contributed by atoms with E-state index in [1.54, 1.807) is 36.0 Å². The maximum absolute atomic E-state index is 13.2. The molecule has 1 aromatic rings. The summed E-state index contributed by atoms with van der Waals surface area (Å²) in [4.78, 5) is 27.9. The summed E-state index contributed by atoms with van der Waals surface area (Å²) < 4.78 is 48.1. The molecule has 0 aliphatic carbocycles. The van der Waals surface area contributed by atoms with E-state index in [-0.39, 0.29) is 62.4 Å². The molecule has 1 heterocycles. The summed E-state index contributed by atoms with van der Waals surface area (Å²) in [6.45, 7) is 3.49. The Morgan fingerprint density at radius 1 is 1.03 bits per heavy atom. The van der Waals surface area contributed by atoms with E-state index in [0.717, 1.165) is 0 Å². The zero-order valence-corrected chi connectivity index (χ0v) is 20.4. The van der Waals surface area contributed by atoms with Gasteiger partial charge in [0.1, 0.15) is 16.4 Å². The third-order valence-electron chi connectivity index (χ3n) is 5.21.